The van der Waals surface area contributed by atoms with Gasteiger partial charge in [-0.2, -0.15) is 0 Å². The van der Waals surface area contributed by atoms with Crippen LogP contribution in [0.15, 0.2) is 83.0 Å². The molecule has 0 saturated carbocycles. The molecule has 0 saturated heterocycles. The Hall–Kier alpha value is -2.85. The molecule has 0 radical (unpaired) electrons. The molecule has 1 atom stereocenters. The van der Waals surface area contributed by atoms with E-state index in [0.29, 0.717) is 11.5 Å². The fraction of sp³-hybridized carbons (Fsp3) is 0.192. The second-order valence-corrected chi connectivity index (χ2v) is 8.92. The van der Waals surface area contributed by atoms with Crippen LogP contribution in [-0.4, -0.2) is 11.0 Å². The second-order valence-electron chi connectivity index (χ2n) is 8.00. The van der Waals surface area contributed by atoms with Gasteiger partial charge in [0.1, 0.15) is 0 Å². The average Bonchev–Trinajstić information content (AvgIpc) is 3.00. The van der Waals surface area contributed by atoms with E-state index in [1.807, 2.05) is 55.5 Å². The Bertz CT molecular complexity index is 1100. The number of aliphatic hydroxyl groups excluding tert-OH is 1. The zero-order valence-corrected chi connectivity index (χ0v) is 18.8. The third-order valence-electron chi connectivity index (χ3n) is 5.59. The van der Waals surface area contributed by atoms with Crippen molar-refractivity contribution in [1.29, 1.82) is 0 Å². The highest BCUT2D eigenvalue weighted by atomic mass is 79.9. The van der Waals surface area contributed by atoms with Gasteiger partial charge in [0.15, 0.2) is 5.76 Å². The van der Waals surface area contributed by atoms with Crippen molar-refractivity contribution >= 4 is 33.1 Å². The first-order chi connectivity index (χ1) is 14.4. The molecule has 1 heterocycles. The van der Waals surface area contributed by atoms with Gasteiger partial charge in [-0.3, -0.25) is 9.69 Å². The van der Waals surface area contributed by atoms with Gasteiger partial charge in [0.05, 0.1) is 6.04 Å². The van der Waals surface area contributed by atoms with Crippen molar-refractivity contribution in [2.24, 2.45) is 0 Å². The number of hydrogen-bond acceptors (Lipinski definition) is 2. The maximum Gasteiger partial charge on any atom is 0.294 e. The lowest BCUT2D eigenvalue weighted by molar-refractivity contribution is -0.117. The molecule has 1 amide bonds. The molecule has 30 heavy (non-hydrogen) atoms. The minimum atomic E-state index is -0.400. The molecular formula is C26H24BrNO2. The monoisotopic (exact) mass is 461 g/mol. The van der Waals surface area contributed by atoms with Crippen LogP contribution in [0.4, 0.5) is 5.69 Å². The third kappa shape index (κ3) is 3.68. The van der Waals surface area contributed by atoms with Crippen LogP contribution in [0.25, 0.3) is 5.57 Å². The van der Waals surface area contributed by atoms with Gasteiger partial charge >= 0.3 is 0 Å². The second kappa shape index (κ2) is 8.11. The Kier molecular flexibility index (Phi) is 5.52. The van der Waals surface area contributed by atoms with Crippen molar-refractivity contribution in [1.82, 2.24) is 0 Å². The van der Waals surface area contributed by atoms with Crippen LogP contribution in [0.1, 0.15) is 48.1 Å². The summed E-state index contributed by atoms with van der Waals surface area (Å²) in [6.07, 6.45) is 0. The molecule has 1 aliphatic rings. The summed E-state index contributed by atoms with van der Waals surface area (Å²) >= 11 is 3.45. The van der Waals surface area contributed by atoms with Crippen molar-refractivity contribution in [3.8, 4) is 0 Å². The normalized spacial score (nSPS) is 16.6. The number of halogens is 1. The van der Waals surface area contributed by atoms with E-state index >= 15 is 0 Å². The summed E-state index contributed by atoms with van der Waals surface area (Å²) in [5.74, 6) is -0.155. The molecule has 1 aliphatic heterocycles. The Labute approximate surface area is 185 Å². The number of nitrogens with zero attached hydrogens (tertiary/aromatic N) is 1. The van der Waals surface area contributed by atoms with Crippen molar-refractivity contribution in [3.63, 3.8) is 0 Å². The van der Waals surface area contributed by atoms with Crippen molar-refractivity contribution in [2.75, 3.05) is 4.90 Å². The molecule has 0 aliphatic carbocycles. The number of carbonyl (C=O) groups excluding carboxylic acids is 1. The number of carbonyl (C=O) groups is 1. The number of aliphatic hydroxyl groups is 1. The van der Waals surface area contributed by atoms with Gasteiger partial charge < -0.3 is 5.11 Å². The van der Waals surface area contributed by atoms with Gasteiger partial charge in [-0.15, -0.1) is 0 Å². The van der Waals surface area contributed by atoms with Gasteiger partial charge in [-0.1, -0.05) is 83.9 Å². The van der Waals surface area contributed by atoms with Crippen LogP contribution in [0, 0.1) is 6.92 Å². The summed E-state index contributed by atoms with van der Waals surface area (Å²) in [4.78, 5) is 14.9. The fourth-order valence-electron chi connectivity index (χ4n) is 3.88. The van der Waals surface area contributed by atoms with Gasteiger partial charge in [-0.05, 0) is 53.8 Å². The molecule has 3 aromatic rings. The molecule has 0 aromatic heterocycles. The molecule has 0 bridgehead atoms. The van der Waals surface area contributed by atoms with Crippen LogP contribution in [-0.2, 0) is 4.79 Å². The molecule has 3 aromatic carbocycles. The van der Waals surface area contributed by atoms with E-state index in [1.165, 1.54) is 5.56 Å². The van der Waals surface area contributed by atoms with E-state index in [0.717, 1.165) is 26.9 Å². The van der Waals surface area contributed by atoms with Crippen LogP contribution >= 0.6 is 15.9 Å². The van der Waals surface area contributed by atoms with Crippen molar-refractivity contribution in [2.45, 2.75) is 32.7 Å². The van der Waals surface area contributed by atoms with Gasteiger partial charge in [0.25, 0.3) is 5.91 Å². The molecule has 4 heteroatoms. The molecule has 0 spiro atoms. The predicted molar refractivity (Wildman–Crippen MR) is 126 cm³/mol. The molecule has 3 nitrogen and oxygen atoms in total. The summed E-state index contributed by atoms with van der Waals surface area (Å²) < 4.78 is 0.937. The highest BCUT2D eigenvalue weighted by molar-refractivity contribution is 9.10. The molecule has 0 fully saturated rings. The number of anilines is 1. The quantitative estimate of drug-likeness (QED) is 0.456. The molecule has 4 rings (SSSR count). The SMILES string of the molecule is Cc1ccc(C2=C(O)C(=O)N(c3ccc(Br)cc3)[C@H]2c2ccc(C(C)C)cc2)cc1. The Morgan fingerprint density at radius 2 is 1.50 bits per heavy atom. The first kappa shape index (κ1) is 20.4. The van der Waals surface area contributed by atoms with E-state index in [2.05, 4.69) is 54.0 Å². The summed E-state index contributed by atoms with van der Waals surface area (Å²) in [6, 6.07) is 23.5. The zero-order chi connectivity index (χ0) is 21.4. The van der Waals surface area contributed by atoms with E-state index in [4.69, 9.17) is 0 Å². The maximum absolute atomic E-state index is 13.2. The number of aryl methyl sites for hydroxylation is 1. The van der Waals surface area contributed by atoms with Gasteiger partial charge in [-0.25, -0.2) is 0 Å². The summed E-state index contributed by atoms with van der Waals surface area (Å²) in [5.41, 5.74) is 5.57. The molecule has 152 valence electrons. The first-order valence-electron chi connectivity index (χ1n) is 10.1. The maximum atomic E-state index is 13.2. The average molecular weight is 462 g/mol. The van der Waals surface area contributed by atoms with E-state index in [-0.39, 0.29) is 11.7 Å². The zero-order valence-electron chi connectivity index (χ0n) is 17.3. The Balaban J connectivity index is 1.87. The highest BCUT2D eigenvalue weighted by Crippen LogP contribution is 2.45. The number of rotatable bonds is 4. The van der Waals surface area contributed by atoms with Crippen LogP contribution in [0.2, 0.25) is 0 Å². The lowest BCUT2D eigenvalue weighted by Crippen LogP contribution is -2.30. The van der Waals surface area contributed by atoms with Crippen molar-refractivity contribution < 1.29 is 9.90 Å². The Morgan fingerprint density at radius 3 is 2.07 bits per heavy atom. The smallest absolute Gasteiger partial charge is 0.294 e. The van der Waals surface area contributed by atoms with E-state index < -0.39 is 6.04 Å². The summed E-state index contributed by atoms with van der Waals surface area (Å²) in [6.45, 7) is 6.34. The molecule has 0 unspecified atom stereocenters. The number of amides is 1. The summed E-state index contributed by atoms with van der Waals surface area (Å²) in [5, 5.41) is 10.9. The van der Waals surface area contributed by atoms with Crippen LogP contribution in [0.5, 0.6) is 0 Å². The lowest BCUT2D eigenvalue weighted by atomic mass is 9.91. The Morgan fingerprint density at radius 1 is 0.900 bits per heavy atom. The van der Waals surface area contributed by atoms with E-state index in [1.54, 1.807) is 4.90 Å². The topological polar surface area (TPSA) is 40.5 Å². The predicted octanol–water partition coefficient (Wildman–Crippen LogP) is 6.94. The van der Waals surface area contributed by atoms with Crippen LogP contribution < -0.4 is 4.90 Å². The highest BCUT2D eigenvalue weighted by Gasteiger charge is 2.41. The standard InChI is InChI=1S/C26H24BrNO2/c1-16(2)18-8-10-20(11-9-18)24-23(19-6-4-17(3)5-7-19)25(29)26(30)28(24)22-14-12-21(27)13-15-22/h4-16,24,29H,1-3H3/t24-/m0/s1. The van der Waals surface area contributed by atoms with Crippen LogP contribution in [0.3, 0.4) is 0 Å². The lowest BCUT2D eigenvalue weighted by Gasteiger charge is -2.28. The number of hydrogen-bond donors (Lipinski definition) is 1. The van der Waals surface area contributed by atoms with E-state index in [9.17, 15) is 9.90 Å². The van der Waals surface area contributed by atoms with Gasteiger partial charge in [0.2, 0.25) is 0 Å². The molecular weight excluding hydrogens is 438 g/mol. The number of benzene rings is 3. The van der Waals surface area contributed by atoms with Gasteiger partial charge in [0, 0.05) is 15.7 Å². The largest absolute Gasteiger partial charge is 0.503 e. The minimum Gasteiger partial charge on any atom is -0.503 e. The first-order valence-corrected chi connectivity index (χ1v) is 10.8. The summed E-state index contributed by atoms with van der Waals surface area (Å²) in [7, 11) is 0. The third-order valence-corrected chi connectivity index (χ3v) is 6.12. The fourth-order valence-corrected chi connectivity index (χ4v) is 4.14. The molecule has 1 N–H and O–H groups in total. The minimum absolute atomic E-state index is 0.195. The van der Waals surface area contributed by atoms with Crippen molar-refractivity contribution in [3.05, 3.63) is 105 Å².